The van der Waals surface area contributed by atoms with Gasteiger partial charge in [-0.3, -0.25) is 0 Å². The molecular weight excluding hydrogens is 267 g/mol. The molecule has 4 aromatic rings. The molecule has 21 heavy (non-hydrogen) atoms. The Kier molecular flexibility index (Phi) is 2.82. The summed E-state index contributed by atoms with van der Waals surface area (Å²) >= 11 is 0. The topological polar surface area (TPSA) is 44.7 Å². The second kappa shape index (κ2) is 4.94. The summed E-state index contributed by atoms with van der Waals surface area (Å²) in [6.45, 7) is 0. The van der Waals surface area contributed by atoms with Crippen molar-refractivity contribution in [2.24, 2.45) is 0 Å². The number of benzene rings is 2. The highest BCUT2D eigenvalue weighted by Gasteiger charge is 2.04. The van der Waals surface area contributed by atoms with Crippen LogP contribution in [-0.4, -0.2) is 7.69 Å². The normalized spacial score (nSPS) is 10.9. The third kappa shape index (κ3) is 2.34. The standard InChI is InChI=1S/C16H11BO4/c1-3-15-11(5-7-18-15)9-13(1)20-17-21-14-2-4-16-12(10-14)6-8-19-16/h1-10,17H. The van der Waals surface area contributed by atoms with E-state index in [1.807, 2.05) is 48.5 Å². The molecular formula is C16H11BO4. The predicted octanol–water partition coefficient (Wildman–Crippen LogP) is 3.90. The van der Waals surface area contributed by atoms with Gasteiger partial charge in [-0.2, -0.15) is 0 Å². The lowest BCUT2D eigenvalue weighted by Crippen LogP contribution is -2.10. The quantitative estimate of drug-likeness (QED) is 0.531. The summed E-state index contributed by atoms with van der Waals surface area (Å²) in [6.07, 6.45) is 3.32. The first-order valence-electron chi connectivity index (χ1n) is 6.59. The van der Waals surface area contributed by atoms with E-state index >= 15 is 0 Å². The van der Waals surface area contributed by atoms with Crippen molar-refractivity contribution in [3.63, 3.8) is 0 Å². The van der Waals surface area contributed by atoms with Crippen molar-refractivity contribution >= 4 is 29.6 Å². The average Bonchev–Trinajstić information content (AvgIpc) is 3.14. The van der Waals surface area contributed by atoms with Crippen molar-refractivity contribution in [2.45, 2.75) is 0 Å². The first-order chi connectivity index (χ1) is 10.4. The first-order valence-corrected chi connectivity index (χ1v) is 6.59. The Morgan fingerprint density at radius 2 is 1.19 bits per heavy atom. The summed E-state index contributed by atoms with van der Waals surface area (Å²) in [5, 5.41) is 2.01. The van der Waals surface area contributed by atoms with Crippen LogP contribution in [0.3, 0.4) is 0 Å². The van der Waals surface area contributed by atoms with Crippen molar-refractivity contribution in [2.75, 3.05) is 0 Å². The van der Waals surface area contributed by atoms with Crippen LogP contribution < -0.4 is 9.31 Å². The minimum atomic E-state index is 0.146. The van der Waals surface area contributed by atoms with E-state index in [0.29, 0.717) is 0 Å². The molecule has 0 amide bonds. The predicted molar refractivity (Wildman–Crippen MR) is 80.8 cm³/mol. The van der Waals surface area contributed by atoms with E-state index < -0.39 is 0 Å². The van der Waals surface area contributed by atoms with Crippen LogP contribution in [0.4, 0.5) is 0 Å². The molecule has 0 fully saturated rings. The number of hydrogen-bond acceptors (Lipinski definition) is 4. The molecule has 0 unspecified atom stereocenters. The molecule has 2 heterocycles. The molecule has 4 rings (SSSR count). The lowest BCUT2D eigenvalue weighted by atomic mass is 10.2. The zero-order valence-corrected chi connectivity index (χ0v) is 11.1. The summed E-state index contributed by atoms with van der Waals surface area (Å²) in [6, 6.07) is 15.1. The van der Waals surface area contributed by atoms with E-state index in [2.05, 4.69) is 0 Å². The third-order valence-corrected chi connectivity index (χ3v) is 3.30. The molecule has 102 valence electrons. The second-order valence-electron chi connectivity index (χ2n) is 4.65. The maximum Gasteiger partial charge on any atom is 0.576 e. The molecule has 0 aliphatic carbocycles. The molecule has 0 atom stereocenters. The number of fused-ring (bicyclic) bond motifs is 2. The highest BCUT2D eigenvalue weighted by molar-refractivity contribution is 6.20. The molecule has 0 bridgehead atoms. The number of hydrogen-bond donors (Lipinski definition) is 0. The lowest BCUT2D eigenvalue weighted by molar-refractivity contribution is 0.459. The highest BCUT2D eigenvalue weighted by atomic mass is 16.6. The molecule has 5 heteroatoms. The van der Waals surface area contributed by atoms with E-state index in [1.165, 1.54) is 0 Å². The third-order valence-electron chi connectivity index (χ3n) is 3.30. The minimum Gasteiger partial charge on any atom is -0.528 e. The maximum atomic E-state index is 5.59. The van der Waals surface area contributed by atoms with Gasteiger partial charge < -0.3 is 18.1 Å². The molecule has 0 radical (unpaired) electrons. The van der Waals surface area contributed by atoms with Crippen LogP contribution in [0, 0.1) is 0 Å². The van der Waals surface area contributed by atoms with Gasteiger partial charge in [0.1, 0.15) is 22.7 Å². The van der Waals surface area contributed by atoms with E-state index in [0.717, 1.165) is 33.4 Å². The van der Waals surface area contributed by atoms with Gasteiger partial charge in [0.25, 0.3) is 0 Å². The highest BCUT2D eigenvalue weighted by Crippen LogP contribution is 2.23. The minimum absolute atomic E-state index is 0.146. The molecule has 0 aliphatic heterocycles. The van der Waals surface area contributed by atoms with Crippen molar-refractivity contribution in [1.82, 2.24) is 0 Å². The molecule has 0 spiro atoms. The lowest BCUT2D eigenvalue weighted by Gasteiger charge is -2.07. The Morgan fingerprint density at radius 1 is 0.667 bits per heavy atom. The maximum absolute atomic E-state index is 5.59. The number of furan rings is 2. The fourth-order valence-corrected chi connectivity index (χ4v) is 2.23. The van der Waals surface area contributed by atoms with Gasteiger partial charge in [-0.1, -0.05) is 0 Å². The molecule has 2 aromatic carbocycles. The van der Waals surface area contributed by atoms with Crippen molar-refractivity contribution < 1.29 is 18.1 Å². The van der Waals surface area contributed by atoms with Gasteiger partial charge >= 0.3 is 7.69 Å². The van der Waals surface area contributed by atoms with Crippen LogP contribution in [0.2, 0.25) is 0 Å². The molecule has 4 nitrogen and oxygen atoms in total. The Hall–Kier alpha value is -2.82. The summed E-state index contributed by atoms with van der Waals surface area (Å²) in [5.41, 5.74) is 1.68. The second-order valence-corrected chi connectivity index (χ2v) is 4.65. The molecule has 0 saturated heterocycles. The van der Waals surface area contributed by atoms with Crippen LogP contribution in [-0.2, 0) is 0 Å². The number of rotatable bonds is 4. The Labute approximate surface area is 121 Å². The van der Waals surface area contributed by atoms with E-state index in [-0.39, 0.29) is 7.69 Å². The Bertz CT molecular complexity index is 819. The van der Waals surface area contributed by atoms with E-state index in [9.17, 15) is 0 Å². The summed E-state index contributed by atoms with van der Waals surface area (Å²) in [4.78, 5) is 0. The smallest absolute Gasteiger partial charge is 0.528 e. The van der Waals surface area contributed by atoms with Crippen LogP contribution >= 0.6 is 0 Å². The van der Waals surface area contributed by atoms with Crippen molar-refractivity contribution in [1.29, 1.82) is 0 Å². The fourth-order valence-electron chi connectivity index (χ4n) is 2.23. The SMILES string of the molecule is B(Oc1ccc2occc2c1)Oc1ccc2occc2c1. The van der Waals surface area contributed by atoms with Gasteiger partial charge in [0.15, 0.2) is 0 Å². The van der Waals surface area contributed by atoms with Gasteiger partial charge in [-0.15, -0.1) is 0 Å². The van der Waals surface area contributed by atoms with Gasteiger partial charge in [0.2, 0.25) is 0 Å². The summed E-state index contributed by atoms with van der Waals surface area (Å²) in [7, 11) is 0.146. The zero-order chi connectivity index (χ0) is 14.1. The molecule has 0 aliphatic rings. The van der Waals surface area contributed by atoms with Gasteiger partial charge in [-0.05, 0) is 48.5 Å². The van der Waals surface area contributed by atoms with E-state index in [1.54, 1.807) is 12.5 Å². The van der Waals surface area contributed by atoms with Crippen LogP contribution in [0.5, 0.6) is 11.5 Å². The summed E-state index contributed by atoms with van der Waals surface area (Å²) in [5.74, 6) is 1.49. The molecule has 2 aromatic heterocycles. The Morgan fingerprint density at radius 3 is 1.71 bits per heavy atom. The van der Waals surface area contributed by atoms with Gasteiger partial charge in [-0.25, -0.2) is 0 Å². The van der Waals surface area contributed by atoms with Crippen LogP contribution in [0.1, 0.15) is 0 Å². The van der Waals surface area contributed by atoms with Crippen molar-refractivity contribution in [3.8, 4) is 11.5 Å². The fraction of sp³-hybridized carbons (Fsp3) is 0. The van der Waals surface area contributed by atoms with Crippen LogP contribution in [0.15, 0.2) is 69.9 Å². The first kappa shape index (κ1) is 12.0. The van der Waals surface area contributed by atoms with Gasteiger partial charge in [0.05, 0.1) is 12.5 Å². The largest absolute Gasteiger partial charge is 0.576 e. The molecule has 0 saturated carbocycles. The van der Waals surface area contributed by atoms with E-state index in [4.69, 9.17) is 18.1 Å². The zero-order valence-electron chi connectivity index (χ0n) is 11.1. The Balaban J connectivity index is 1.44. The molecule has 0 N–H and O–H groups in total. The summed E-state index contributed by atoms with van der Waals surface area (Å²) < 4.78 is 21.8. The van der Waals surface area contributed by atoms with Crippen molar-refractivity contribution in [3.05, 3.63) is 61.1 Å². The monoisotopic (exact) mass is 278 g/mol. The van der Waals surface area contributed by atoms with Crippen LogP contribution in [0.25, 0.3) is 21.9 Å². The van der Waals surface area contributed by atoms with Gasteiger partial charge in [0, 0.05) is 10.8 Å². The average molecular weight is 278 g/mol.